The predicted octanol–water partition coefficient (Wildman–Crippen LogP) is 2.79. The minimum absolute atomic E-state index is 0.113. The quantitative estimate of drug-likeness (QED) is 0.523. The van der Waals surface area contributed by atoms with Gasteiger partial charge in [-0.25, -0.2) is 4.98 Å². The molecule has 0 aliphatic rings. The smallest absolute Gasteiger partial charge is 0.249 e. The third-order valence-corrected chi connectivity index (χ3v) is 4.55. The molecule has 0 aliphatic heterocycles. The Labute approximate surface area is 166 Å². The number of benzene rings is 2. The van der Waals surface area contributed by atoms with Gasteiger partial charge in [-0.3, -0.25) is 15.2 Å². The molecule has 0 atom stereocenters. The summed E-state index contributed by atoms with van der Waals surface area (Å²) in [7, 11) is 3.15. The molecular weight excluding hydrogens is 372 g/mol. The zero-order valence-corrected chi connectivity index (χ0v) is 16.3. The first-order chi connectivity index (χ1) is 14.1. The second-order valence-corrected chi connectivity index (χ2v) is 6.36. The second-order valence-electron chi connectivity index (χ2n) is 6.36. The molecule has 29 heavy (non-hydrogen) atoms. The molecule has 9 heteroatoms. The summed E-state index contributed by atoms with van der Waals surface area (Å²) in [5.41, 5.74) is 2.46. The van der Waals surface area contributed by atoms with E-state index >= 15 is 0 Å². The lowest BCUT2D eigenvalue weighted by atomic mass is 10.2. The first-order valence-corrected chi connectivity index (χ1v) is 8.95. The number of hydrogen-bond donors (Lipinski definition) is 2. The largest absolute Gasteiger partial charge is 0.497 e. The molecule has 0 fully saturated rings. The van der Waals surface area contributed by atoms with Crippen molar-refractivity contribution in [3.63, 3.8) is 0 Å². The van der Waals surface area contributed by atoms with Gasteiger partial charge in [0, 0.05) is 6.07 Å². The van der Waals surface area contributed by atoms with E-state index in [-0.39, 0.29) is 18.4 Å². The molecule has 0 spiro atoms. The van der Waals surface area contributed by atoms with Crippen LogP contribution in [0.2, 0.25) is 0 Å². The number of anilines is 1. The third-order valence-electron chi connectivity index (χ3n) is 4.55. The van der Waals surface area contributed by atoms with Crippen LogP contribution in [0.3, 0.4) is 0 Å². The number of imidazole rings is 1. The van der Waals surface area contributed by atoms with Crippen molar-refractivity contribution in [2.24, 2.45) is 0 Å². The molecule has 148 valence electrons. The Morgan fingerprint density at radius 2 is 1.97 bits per heavy atom. The topological polar surface area (TPSA) is 107 Å². The highest BCUT2D eigenvalue weighted by Crippen LogP contribution is 2.31. The van der Waals surface area contributed by atoms with Crippen LogP contribution in [0.4, 0.5) is 5.95 Å². The van der Waals surface area contributed by atoms with Gasteiger partial charge in [-0.15, -0.1) is 5.10 Å². The Bertz CT molecular complexity index is 1180. The number of rotatable bonds is 6. The van der Waals surface area contributed by atoms with E-state index in [4.69, 9.17) is 9.47 Å². The Hall–Kier alpha value is -3.88. The van der Waals surface area contributed by atoms with Crippen LogP contribution in [0.25, 0.3) is 22.4 Å². The van der Waals surface area contributed by atoms with Crippen molar-refractivity contribution in [2.45, 2.75) is 13.5 Å². The Morgan fingerprint density at radius 1 is 1.14 bits per heavy atom. The zero-order valence-electron chi connectivity index (χ0n) is 16.3. The van der Waals surface area contributed by atoms with Gasteiger partial charge in [-0.05, 0) is 31.2 Å². The summed E-state index contributed by atoms with van der Waals surface area (Å²) in [6.07, 6.45) is 0. The fourth-order valence-corrected chi connectivity index (χ4v) is 3.14. The first-order valence-electron chi connectivity index (χ1n) is 8.95. The molecule has 0 saturated carbocycles. The number of carbonyl (C=O) groups is 1. The molecule has 0 unspecified atom stereocenters. The number of hydrogen-bond acceptors (Lipinski definition) is 6. The molecule has 0 saturated heterocycles. The lowest BCUT2D eigenvalue weighted by Gasteiger charge is -2.08. The fraction of sp³-hybridized carbons (Fsp3) is 0.200. The van der Waals surface area contributed by atoms with Gasteiger partial charge in [-0.1, -0.05) is 12.1 Å². The van der Waals surface area contributed by atoms with Gasteiger partial charge in [0.2, 0.25) is 11.9 Å². The van der Waals surface area contributed by atoms with Gasteiger partial charge in [-0.2, -0.15) is 4.98 Å². The maximum absolute atomic E-state index is 12.5. The summed E-state index contributed by atoms with van der Waals surface area (Å²) in [5, 5.41) is 9.62. The van der Waals surface area contributed by atoms with Gasteiger partial charge in [0.05, 0.1) is 30.8 Å². The van der Waals surface area contributed by atoms with Crippen LogP contribution < -0.4 is 14.8 Å². The summed E-state index contributed by atoms with van der Waals surface area (Å²) in [6.45, 7) is 1.98. The lowest BCUT2D eigenvalue weighted by molar-refractivity contribution is -0.116. The van der Waals surface area contributed by atoms with E-state index in [0.717, 1.165) is 16.9 Å². The van der Waals surface area contributed by atoms with Gasteiger partial charge in [0.15, 0.2) is 5.82 Å². The van der Waals surface area contributed by atoms with E-state index in [1.54, 1.807) is 26.4 Å². The molecule has 2 heterocycles. The lowest BCUT2D eigenvalue weighted by Crippen LogP contribution is -2.20. The monoisotopic (exact) mass is 392 g/mol. The number of aryl methyl sites for hydroxylation is 1. The second kappa shape index (κ2) is 7.63. The van der Waals surface area contributed by atoms with E-state index in [0.29, 0.717) is 22.9 Å². The number of aromatic amines is 1. The number of nitrogens with one attached hydrogen (secondary N) is 2. The van der Waals surface area contributed by atoms with Crippen molar-refractivity contribution in [2.75, 3.05) is 19.5 Å². The van der Waals surface area contributed by atoms with Crippen LogP contribution in [0, 0.1) is 6.92 Å². The van der Waals surface area contributed by atoms with E-state index < -0.39 is 0 Å². The van der Waals surface area contributed by atoms with Crippen molar-refractivity contribution < 1.29 is 14.3 Å². The normalized spacial score (nSPS) is 10.9. The van der Waals surface area contributed by atoms with E-state index in [1.165, 1.54) is 0 Å². The zero-order chi connectivity index (χ0) is 20.4. The number of carbonyl (C=O) groups excluding carboxylic acids is 1. The minimum Gasteiger partial charge on any atom is -0.497 e. The Morgan fingerprint density at radius 3 is 2.76 bits per heavy atom. The predicted molar refractivity (Wildman–Crippen MR) is 108 cm³/mol. The van der Waals surface area contributed by atoms with Crippen LogP contribution in [0.5, 0.6) is 11.5 Å². The standard InChI is InChI=1S/C20H20N6O3/c1-12-21-15-6-4-5-7-16(15)26(12)11-18(27)22-20-23-19(24-25-20)14-9-8-13(28-2)10-17(14)29-3/h4-10H,11H2,1-3H3,(H2,22,23,24,25,27). The van der Waals surface area contributed by atoms with Crippen LogP contribution >= 0.6 is 0 Å². The molecule has 0 radical (unpaired) electrons. The highest BCUT2D eigenvalue weighted by Gasteiger charge is 2.15. The summed E-state index contributed by atoms with van der Waals surface area (Å²) in [5.74, 6) is 2.43. The van der Waals surface area contributed by atoms with Crippen LogP contribution in [0.15, 0.2) is 42.5 Å². The molecule has 2 aromatic carbocycles. The van der Waals surface area contributed by atoms with Crippen molar-refractivity contribution in [3.8, 4) is 22.9 Å². The maximum Gasteiger partial charge on any atom is 0.249 e. The summed E-state index contributed by atoms with van der Waals surface area (Å²) in [6, 6.07) is 13.0. The van der Waals surface area contributed by atoms with Crippen LogP contribution in [0.1, 0.15) is 5.82 Å². The molecule has 9 nitrogen and oxygen atoms in total. The van der Waals surface area contributed by atoms with Gasteiger partial charge in [0.1, 0.15) is 23.9 Å². The third kappa shape index (κ3) is 3.62. The molecule has 2 aromatic heterocycles. The van der Waals surface area contributed by atoms with Crippen molar-refractivity contribution in [3.05, 3.63) is 48.3 Å². The number of aromatic nitrogens is 5. The Balaban J connectivity index is 1.52. The summed E-state index contributed by atoms with van der Waals surface area (Å²) >= 11 is 0. The molecule has 1 amide bonds. The average molecular weight is 392 g/mol. The summed E-state index contributed by atoms with van der Waals surface area (Å²) < 4.78 is 12.4. The average Bonchev–Trinajstić information content (AvgIpc) is 3.32. The number of ether oxygens (including phenoxy) is 2. The number of H-pyrrole nitrogens is 1. The minimum atomic E-state index is -0.247. The summed E-state index contributed by atoms with van der Waals surface area (Å²) in [4.78, 5) is 21.4. The van der Waals surface area contributed by atoms with Crippen LogP contribution in [-0.2, 0) is 11.3 Å². The number of fused-ring (bicyclic) bond motifs is 1. The Kier molecular flexibility index (Phi) is 4.86. The van der Waals surface area contributed by atoms with E-state index in [2.05, 4.69) is 25.5 Å². The van der Waals surface area contributed by atoms with Crippen molar-refractivity contribution >= 4 is 22.9 Å². The first kappa shape index (κ1) is 18.5. The highest BCUT2D eigenvalue weighted by molar-refractivity contribution is 5.90. The van der Waals surface area contributed by atoms with Gasteiger partial charge >= 0.3 is 0 Å². The van der Waals surface area contributed by atoms with Gasteiger partial charge in [0.25, 0.3) is 0 Å². The van der Waals surface area contributed by atoms with Crippen molar-refractivity contribution in [1.29, 1.82) is 0 Å². The highest BCUT2D eigenvalue weighted by atomic mass is 16.5. The molecule has 4 rings (SSSR count). The molecule has 4 aromatic rings. The molecular formula is C20H20N6O3. The number of nitrogens with zero attached hydrogens (tertiary/aromatic N) is 4. The van der Waals surface area contributed by atoms with Crippen LogP contribution in [-0.4, -0.2) is 44.9 Å². The van der Waals surface area contributed by atoms with E-state index in [1.807, 2.05) is 41.8 Å². The molecule has 0 aliphatic carbocycles. The molecule has 0 bridgehead atoms. The van der Waals surface area contributed by atoms with E-state index in [9.17, 15) is 4.79 Å². The SMILES string of the molecule is COc1ccc(-c2nc(NC(=O)Cn3c(C)nc4ccccc43)n[nH]2)c(OC)c1. The molecule has 2 N–H and O–H groups in total. The number of methoxy groups -OCH3 is 2. The van der Waals surface area contributed by atoms with Gasteiger partial charge < -0.3 is 14.0 Å². The number of para-hydroxylation sites is 2. The maximum atomic E-state index is 12.5. The van der Waals surface area contributed by atoms with Crippen molar-refractivity contribution in [1.82, 2.24) is 24.7 Å². The fourth-order valence-electron chi connectivity index (χ4n) is 3.14. The number of amides is 1.